The van der Waals surface area contributed by atoms with Crippen LogP contribution in [-0.4, -0.2) is 14.7 Å². The Morgan fingerprint density at radius 3 is 2.40 bits per heavy atom. The largest absolute Gasteiger partial charge is 0.321 e. The van der Waals surface area contributed by atoms with Gasteiger partial charge in [-0.25, -0.2) is 8.42 Å². The molecule has 2 rings (SSSR count). The SMILES string of the molecule is CS(=O)(=O)c1cc(Br)cc(C2(N)CC2)c1. The molecule has 1 aromatic rings. The summed E-state index contributed by atoms with van der Waals surface area (Å²) in [4.78, 5) is 0.323. The molecule has 0 bridgehead atoms. The molecular weight excluding hydrogens is 278 g/mol. The molecule has 0 aliphatic heterocycles. The van der Waals surface area contributed by atoms with Crippen molar-refractivity contribution in [2.24, 2.45) is 5.73 Å². The van der Waals surface area contributed by atoms with Crippen molar-refractivity contribution in [3.05, 3.63) is 28.2 Å². The summed E-state index contributed by atoms with van der Waals surface area (Å²) in [5.74, 6) is 0. The van der Waals surface area contributed by atoms with Crippen LogP contribution >= 0.6 is 15.9 Å². The van der Waals surface area contributed by atoms with Gasteiger partial charge in [-0.15, -0.1) is 0 Å². The third kappa shape index (κ3) is 2.24. The molecule has 0 heterocycles. The summed E-state index contributed by atoms with van der Waals surface area (Å²) in [7, 11) is -3.17. The molecule has 1 aliphatic carbocycles. The van der Waals surface area contributed by atoms with Crippen molar-refractivity contribution < 1.29 is 8.42 Å². The maximum Gasteiger partial charge on any atom is 0.175 e. The standard InChI is InChI=1S/C10H12BrNO2S/c1-15(13,14)9-5-7(4-8(11)6-9)10(12)2-3-10/h4-6H,2-3,12H2,1H3. The molecule has 0 atom stereocenters. The number of sulfone groups is 1. The van der Waals surface area contributed by atoms with Gasteiger partial charge in [0.25, 0.3) is 0 Å². The zero-order valence-electron chi connectivity index (χ0n) is 8.33. The second-order valence-corrected chi connectivity index (χ2v) is 7.04. The Balaban J connectivity index is 2.56. The van der Waals surface area contributed by atoms with E-state index in [4.69, 9.17) is 5.73 Å². The minimum atomic E-state index is -3.17. The molecule has 2 N–H and O–H groups in total. The number of benzene rings is 1. The van der Waals surface area contributed by atoms with Crippen LogP contribution in [0.2, 0.25) is 0 Å². The Labute approximate surface area is 97.7 Å². The van der Waals surface area contributed by atoms with E-state index in [2.05, 4.69) is 15.9 Å². The van der Waals surface area contributed by atoms with Crippen LogP contribution in [0.5, 0.6) is 0 Å². The zero-order chi connectivity index (χ0) is 11.3. The molecule has 0 unspecified atom stereocenters. The average molecular weight is 290 g/mol. The Kier molecular flexibility index (Phi) is 2.44. The first-order chi connectivity index (χ1) is 6.81. The normalized spacial score (nSPS) is 18.9. The summed E-state index contributed by atoms with van der Waals surface area (Å²) in [5, 5.41) is 0. The maximum atomic E-state index is 11.4. The van der Waals surface area contributed by atoms with Crippen molar-refractivity contribution in [2.75, 3.05) is 6.26 Å². The van der Waals surface area contributed by atoms with Crippen LogP contribution in [0.1, 0.15) is 18.4 Å². The van der Waals surface area contributed by atoms with Gasteiger partial charge in [0, 0.05) is 16.3 Å². The van der Waals surface area contributed by atoms with Crippen molar-refractivity contribution in [3.63, 3.8) is 0 Å². The van der Waals surface area contributed by atoms with Crippen molar-refractivity contribution in [1.82, 2.24) is 0 Å². The third-order valence-electron chi connectivity index (χ3n) is 2.66. The van der Waals surface area contributed by atoms with Gasteiger partial charge in [0.2, 0.25) is 0 Å². The van der Waals surface area contributed by atoms with Crippen LogP contribution in [0.15, 0.2) is 27.6 Å². The zero-order valence-corrected chi connectivity index (χ0v) is 10.7. The van der Waals surface area contributed by atoms with Crippen molar-refractivity contribution in [1.29, 1.82) is 0 Å². The van der Waals surface area contributed by atoms with E-state index < -0.39 is 9.84 Å². The lowest BCUT2D eigenvalue weighted by molar-refractivity contribution is 0.601. The lowest BCUT2D eigenvalue weighted by Gasteiger charge is -2.11. The van der Waals surface area contributed by atoms with E-state index in [9.17, 15) is 8.42 Å². The minimum absolute atomic E-state index is 0.302. The summed E-state index contributed by atoms with van der Waals surface area (Å²) in [6.07, 6.45) is 3.05. The number of nitrogens with two attached hydrogens (primary N) is 1. The van der Waals surface area contributed by atoms with Crippen LogP contribution in [0.3, 0.4) is 0 Å². The fourth-order valence-corrected chi connectivity index (χ4v) is 2.81. The average Bonchev–Trinajstić information content (AvgIpc) is 2.82. The summed E-state index contributed by atoms with van der Waals surface area (Å²) >= 11 is 3.31. The highest BCUT2D eigenvalue weighted by atomic mass is 79.9. The molecule has 1 fully saturated rings. The predicted octanol–water partition coefficient (Wildman–Crippen LogP) is 1.80. The van der Waals surface area contributed by atoms with E-state index in [1.807, 2.05) is 6.07 Å². The highest BCUT2D eigenvalue weighted by Gasteiger charge is 2.40. The van der Waals surface area contributed by atoms with E-state index >= 15 is 0 Å². The van der Waals surface area contributed by atoms with Crippen LogP contribution in [0, 0.1) is 0 Å². The first-order valence-electron chi connectivity index (χ1n) is 4.61. The van der Waals surface area contributed by atoms with Gasteiger partial charge in [-0.3, -0.25) is 0 Å². The van der Waals surface area contributed by atoms with Crippen LogP contribution in [0.4, 0.5) is 0 Å². The van der Waals surface area contributed by atoms with Gasteiger partial charge >= 0.3 is 0 Å². The summed E-state index contributed by atoms with van der Waals surface area (Å²) in [5.41, 5.74) is 6.63. The summed E-state index contributed by atoms with van der Waals surface area (Å²) in [6, 6.07) is 5.17. The third-order valence-corrected chi connectivity index (χ3v) is 4.21. The first-order valence-corrected chi connectivity index (χ1v) is 7.30. The van der Waals surface area contributed by atoms with E-state index in [1.54, 1.807) is 12.1 Å². The van der Waals surface area contributed by atoms with Gasteiger partial charge in [0.15, 0.2) is 9.84 Å². The van der Waals surface area contributed by atoms with Gasteiger partial charge in [0.1, 0.15) is 0 Å². The minimum Gasteiger partial charge on any atom is -0.321 e. The fraction of sp³-hybridized carbons (Fsp3) is 0.400. The van der Waals surface area contributed by atoms with E-state index in [1.165, 1.54) is 6.26 Å². The van der Waals surface area contributed by atoms with Gasteiger partial charge in [-0.05, 0) is 36.6 Å². The van der Waals surface area contributed by atoms with Crippen molar-refractivity contribution in [2.45, 2.75) is 23.3 Å². The van der Waals surface area contributed by atoms with Gasteiger partial charge < -0.3 is 5.73 Å². The lowest BCUT2D eigenvalue weighted by atomic mass is 10.1. The second kappa shape index (κ2) is 3.30. The van der Waals surface area contributed by atoms with Crippen LogP contribution in [-0.2, 0) is 15.4 Å². The predicted molar refractivity (Wildman–Crippen MR) is 62.4 cm³/mol. The maximum absolute atomic E-state index is 11.4. The van der Waals surface area contributed by atoms with Crippen molar-refractivity contribution >= 4 is 25.8 Å². The molecule has 0 spiro atoms. The number of hydrogen-bond donors (Lipinski definition) is 1. The van der Waals surface area contributed by atoms with Crippen molar-refractivity contribution in [3.8, 4) is 0 Å². The summed E-state index contributed by atoms with van der Waals surface area (Å²) < 4.78 is 23.6. The van der Waals surface area contributed by atoms with E-state index in [0.29, 0.717) is 4.90 Å². The molecule has 1 aliphatic rings. The Bertz CT molecular complexity index is 506. The van der Waals surface area contributed by atoms with Gasteiger partial charge in [0.05, 0.1) is 4.90 Å². The van der Waals surface area contributed by atoms with Gasteiger partial charge in [-0.2, -0.15) is 0 Å². The highest BCUT2D eigenvalue weighted by Crippen LogP contribution is 2.43. The van der Waals surface area contributed by atoms with Crippen LogP contribution in [0.25, 0.3) is 0 Å². The molecule has 5 heteroatoms. The molecule has 0 aromatic heterocycles. The van der Waals surface area contributed by atoms with E-state index in [-0.39, 0.29) is 5.54 Å². The van der Waals surface area contributed by atoms with Crippen LogP contribution < -0.4 is 5.73 Å². The quantitative estimate of drug-likeness (QED) is 0.903. The highest BCUT2D eigenvalue weighted by molar-refractivity contribution is 9.10. The number of hydrogen-bond acceptors (Lipinski definition) is 3. The fourth-order valence-electron chi connectivity index (χ4n) is 1.49. The first kappa shape index (κ1) is 11.1. The van der Waals surface area contributed by atoms with E-state index in [0.717, 1.165) is 22.9 Å². The Morgan fingerprint density at radius 1 is 1.33 bits per heavy atom. The molecule has 1 aromatic carbocycles. The lowest BCUT2D eigenvalue weighted by Crippen LogP contribution is -2.19. The Hall–Kier alpha value is -0.390. The molecular formula is C10H12BrNO2S. The topological polar surface area (TPSA) is 60.2 Å². The smallest absolute Gasteiger partial charge is 0.175 e. The number of halogens is 1. The molecule has 15 heavy (non-hydrogen) atoms. The second-order valence-electron chi connectivity index (χ2n) is 4.10. The molecule has 82 valence electrons. The van der Waals surface area contributed by atoms with Gasteiger partial charge in [-0.1, -0.05) is 15.9 Å². The monoisotopic (exact) mass is 289 g/mol. The number of rotatable bonds is 2. The molecule has 0 radical (unpaired) electrons. The molecule has 3 nitrogen and oxygen atoms in total. The Morgan fingerprint density at radius 2 is 1.93 bits per heavy atom. The molecule has 0 amide bonds. The summed E-state index contributed by atoms with van der Waals surface area (Å²) in [6.45, 7) is 0. The molecule has 0 saturated heterocycles. The molecule has 1 saturated carbocycles.